The van der Waals surface area contributed by atoms with E-state index in [9.17, 15) is 0 Å². The molecule has 0 saturated carbocycles. The second-order valence-electron chi connectivity index (χ2n) is 1.67. The zero-order valence-electron chi connectivity index (χ0n) is 5.44. The Morgan fingerprint density at radius 3 is 2.75 bits per heavy atom. The summed E-state index contributed by atoms with van der Waals surface area (Å²) in [5, 5.41) is 11.6. The van der Waals surface area contributed by atoms with E-state index in [2.05, 4.69) is 5.32 Å². The second kappa shape index (κ2) is 4.50. The summed E-state index contributed by atoms with van der Waals surface area (Å²) in [7, 11) is 1.77. The Balaban J connectivity index is 3.29. The maximum atomic E-state index is 8.85. The van der Waals surface area contributed by atoms with E-state index in [0.717, 1.165) is 12.8 Å². The lowest BCUT2D eigenvalue weighted by Gasteiger charge is -1.93. The van der Waals surface area contributed by atoms with Crippen molar-refractivity contribution in [2.24, 2.45) is 0 Å². The Kier molecular flexibility index (Phi) is 4.13. The summed E-state index contributed by atoms with van der Waals surface area (Å²) in [5.41, 5.74) is 0. The lowest BCUT2D eigenvalue weighted by atomic mass is 10.3. The van der Waals surface area contributed by atoms with Crippen molar-refractivity contribution >= 4 is 0 Å². The molecule has 2 N–H and O–H groups in total. The first-order chi connectivity index (χ1) is 3.81. The highest BCUT2D eigenvalue weighted by molar-refractivity contribution is 4.86. The number of allylic oxidation sites excluding steroid dienone is 1. The fourth-order valence-electron chi connectivity index (χ4n) is 0.495. The van der Waals surface area contributed by atoms with Crippen LogP contribution in [0.2, 0.25) is 0 Å². The van der Waals surface area contributed by atoms with Crippen molar-refractivity contribution < 1.29 is 5.11 Å². The molecule has 0 aliphatic heterocycles. The molecular formula is C6H13NO. The first kappa shape index (κ1) is 7.34. The number of nitrogens with one attached hydrogen (secondary N) is 1. The Morgan fingerprint density at radius 2 is 2.38 bits per heavy atom. The molecule has 0 fully saturated rings. The molecule has 0 unspecified atom stereocenters. The van der Waals surface area contributed by atoms with Crippen LogP contribution in [0.1, 0.15) is 19.8 Å². The fraction of sp³-hybridized carbons (Fsp3) is 0.667. The Labute approximate surface area is 50.2 Å². The zero-order chi connectivity index (χ0) is 6.41. The first-order valence-electron chi connectivity index (χ1n) is 2.86. The molecule has 0 saturated heterocycles. The molecule has 0 aliphatic carbocycles. The predicted octanol–water partition coefficient (Wildman–Crippen LogP) is 1.41. The summed E-state index contributed by atoms with van der Waals surface area (Å²) in [6, 6.07) is 0. The zero-order valence-corrected chi connectivity index (χ0v) is 5.44. The molecule has 0 amide bonds. The summed E-state index contributed by atoms with van der Waals surface area (Å²) >= 11 is 0. The van der Waals surface area contributed by atoms with Gasteiger partial charge in [0, 0.05) is 19.7 Å². The third-order valence-electron chi connectivity index (χ3n) is 0.817. The van der Waals surface area contributed by atoms with Gasteiger partial charge in [0.05, 0.1) is 0 Å². The number of aliphatic hydroxyl groups is 1. The number of aliphatic hydroxyl groups excluding tert-OH is 1. The molecule has 0 heterocycles. The highest BCUT2D eigenvalue weighted by Crippen LogP contribution is 1.96. The van der Waals surface area contributed by atoms with Crippen molar-refractivity contribution in [2.45, 2.75) is 19.8 Å². The molecule has 2 nitrogen and oxygen atoms in total. The molecule has 0 aliphatic rings. The average Bonchev–Trinajstić information content (AvgIpc) is 1.68. The van der Waals surface area contributed by atoms with Crippen molar-refractivity contribution in [3.8, 4) is 0 Å². The molecule has 2 heteroatoms. The van der Waals surface area contributed by atoms with Gasteiger partial charge in [0.2, 0.25) is 0 Å². The summed E-state index contributed by atoms with van der Waals surface area (Å²) in [6.45, 7) is 2.03. The van der Waals surface area contributed by atoms with Crippen LogP contribution in [0.15, 0.2) is 12.0 Å². The van der Waals surface area contributed by atoms with Crippen LogP contribution in [-0.2, 0) is 0 Å². The van der Waals surface area contributed by atoms with Gasteiger partial charge in [-0.1, -0.05) is 6.92 Å². The van der Waals surface area contributed by atoms with Crippen molar-refractivity contribution in [1.29, 1.82) is 0 Å². The van der Waals surface area contributed by atoms with Gasteiger partial charge in [-0.15, -0.1) is 0 Å². The van der Waals surface area contributed by atoms with Crippen LogP contribution in [0.3, 0.4) is 0 Å². The van der Waals surface area contributed by atoms with Crippen molar-refractivity contribution in [3.05, 3.63) is 12.0 Å². The van der Waals surface area contributed by atoms with Crippen molar-refractivity contribution in [3.63, 3.8) is 0 Å². The minimum absolute atomic E-state index is 0.426. The topological polar surface area (TPSA) is 32.3 Å². The summed E-state index contributed by atoms with van der Waals surface area (Å²) in [6.07, 6.45) is 3.36. The van der Waals surface area contributed by atoms with Crippen LogP contribution in [0.25, 0.3) is 0 Å². The van der Waals surface area contributed by atoms with Gasteiger partial charge in [-0.05, 0) is 6.42 Å². The van der Waals surface area contributed by atoms with Gasteiger partial charge in [0.15, 0.2) is 0 Å². The van der Waals surface area contributed by atoms with Crippen molar-refractivity contribution in [1.82, 2.24) is 5.32 Å². The third kappa shape index (κ3) is 3.53. The van der Waals surface area contributed by atoms with Gasteiger partial charge in [0.1, 0.15) is 5.76 Å². The standard InChI is InChI=1S/C6H13NO/c1-3-4-6(8)5-7-2/h5,7-8H,3-4H2,1-2H3/b6-5-. The number of hydrogen-bond donors (Lipinski definition) is 2. The van der Waals surface area contributed by atoms with Gasteiger partial charge in [-0.25, -0.2) is 0 Å². The van der Waals surface area contributed by atoms with E-state index >= 15 is 0 Å². The predicted molar refractivity (Wildman–Crippen MR) is 34.7 cm³/mol. The Morgan fingerprint density at radius 1 is 1.75 bits per heavy atom. The van der Waals surface area contributed by atoms with E-state index in [1.807, 2.05) is 6.92 Å². The average molecular weight is 115 g/mol. The maximum absolute atomic E-state index is 8.85. The van der Waals surface area contributed by atoms with Crippen LogP contribution in [0.4, 0.5) is 0 Å². The van der Waals surface area contributed by atoms with E-state index < -0.39 is 0 Å². The summed E-state index contributed by atoms with van der Waals surface area (Å²) in [5.74, 6) is 0.426. The van der Waals surface area contributed by atoms with E-state index in [0.29, 0.717) is 5.76 Å². The smallest absolute Gasteiger partial charge is 0.108 e. The molecule has 0 aromatic heterocycles. The van der Waals surface area contributed by atoms with Gasteiger partial charge in [-0.3, -0.25) is 0 Å². The largest absolute Gasteiger partial charge is 0.511 e. The van der Waals surface area contributed by atoms with E-state index in [1.165, 1.54) is 0 Å². The van der Waals surface area contributed by atoms with Crippen LogP contribution in [-0.4, -0.2) is 12.2 Å². The summed E-state index contributed by atoms with van der Waals surface area (Å²) in [4.78, 5) is 0. The fourth-order valence-corrected chi connectivity index (χ4v) is 0.495. The van der Waals surface area contributed by atoms with Crippen LogP contribution >= 0.6 is 0 Å². The Hall–Kier alpha value is -0.660. The molecule has 8 heavy (non-hydrogen) atoms. The maximum Gasteiger partial charge on any atom is 0.108 e. The van der Waals surface area contributed by atoms with Crippen LogP contribution in [0.5, 0.6) is 0 Å². The Bertz CT molecular complexity index is 78.6. The molecule has 0 bridgehead atoms. The first-order valence-corrected chi connectivity index (χ1v) is 2.86. The SMILES string of the molecule is CCC/C(O)=C/NC. The van der Waals surface area contributed by atoms with E-state index in [1.54, 1.807) is 13.2 Å². The molecule has 0 aromatic rings. The third-order valence-corrected chi connectivity index (χ3v) is 0.817. The molecule has 0 rings (SSSR count). The minimum Gasteiger partial charge on any atom is -0.511 e. The summed E-state index contributed by atoms with van der Waals surface area (Å²) < 4.78 is 0. The molecule has 0 spiro atoms. The van der Waals surface area contributed by atoms with Gasteiger partial charge in [-0.2, -0.15) is 0 Å². The van der Waals surface area contributed by atoms with Gasteiger partial charge >= 0.3 is 0 Å². The molecule has 0 aromatic carbocycles. The number of rotatable bonds is 3. The number of hydrogen-bond acceptors (Lipinski definition) is 2. The van der Waals surface area contributed by atoms with Crippen molar-refractivity contribution in [2.75, 3.05) is 7.05 Å². The lowest BCUT2D eigenvalue weighted by Crippen LogP contribution is -1.95. The van der Waals surface area contributed by atoms with Crippen LogP contribution in [0, 0.1) is 0 Å². The lowest BCUT2D eigenvalue weighted by molar-refractivity contribution is 0.382. The molecule has 48 valence electrons. The quantitative estimate of drug-likeness (QED) is 0.545. The van der Waals surface area contributed by atoms with E-state index in [-0.39, 0.29) is 0 Å². The highest BCUT2D eigenvalue weighted by Gasteiger charge is 1.85. The van der Waals surface area contributed by atoms with Crippen LogP contribution < -0.4 is 5.32 Å². The minimum atomic E-state index is 0.426. The molecular weight excluding hydrogens is 102 g/mol. The van der Waals surface area contributed by atoms with Gasteiger partial charge < -0.3 is 10.4 Å². The normalized spacial score (nSPS) is 11.5. The molecule has 0 atom stereocenters. The second-order valence-corrected chi connectivity index (χ2v) is 1.67. The highest BCUT2D eigenvalue weighted by atomic mass is 16.3. The monoisotopic (exact) mass is 115 g/mol. The van der Waals surface area contributed by atoms with E-state index in [4.69, 9.17) is 5.11 Å². The van der Waals surface area contributed by atoms with Gasteiger partial charge in [0.25, 0.3) is 0 Å². The molecule has 0 radical (unpaired) electrons.